The molecule has 0 fully saturated rings. The third kappa shape index (κ3) is 3.36. The van der Waals surface area contributed by atoms with Crippen LogP contribution in [0.15, 0.2) is 33.5 Å². The number of oxazole rings is 1. The highest BCUT2D eigenvalue weighted by molar-refractivity contribution is 5.83. The normalized spacial score (nSPS) is 10.6. The summed E-state index contributed by atoms with van der Waals surface area (Å²) in [4.78, 5) is 37.0. The van der Waals surface area contributed by atoms with Crippen LogP contribution in [0, 0.1) is 0 Å². The lowest BCUT2D eigenvalue weighted by Gasteiger charge is -2.19. The Kier molecular flexibility index (Phi) is 4.98. The van der Waals surface area contributed by atoms with Crippen LogP contribution < -0.4 is 5.76 Å². The molecule has 0 saturated heterocycles. The lowest BCUT2D eigenvalue weighted by atomic mass is 10.3. The molecule has 0 radical (unpaired) electrons. The van der Waals surface area contributed by atoms with Crippen LogP contribution in [0.4, 0.5) is 0 Å². The number of carbonyl (C=O) groups is 2. The van der Waals surface area contributed by atoms with Crippen LogP contribution in [0.3, 0.4) is 0 Å². The molecule has 0 bridgehead atoms. The minimum atomic E-state index is -0.596. The van der Waals surface area contributed by atoms with Crippen molar-refractivity contribution in [2.45, 2.75) is 20.4 Å². The minimum absolute atomic E-state index is 0.131. The molecule has 2 aromatic rings. The van der Waals surface area contributed by atoms with Gasteiger partial charge in [-0.15, -0.1) is 0 Å². The van der Waals surface area contributed by atoms with Gasteiger partial charge in [0.2, 0.25) is 5.91 Å². The van der Waals surface area contributed by atoms with Crippen LogP contribution in [0.2, 0.25) is 0 Å². The molecule has 0 saturated carbocycles. The first-order valence-electron chi connectivity index (χ1n) is 7.08. The lowest BCUT2D eigenvalue weighted by Crippen LogP contribution is -2.39. The Labute approximate surface area is 127 Å². The first-order valence-corrected chi connectivity index (χ1v) is 7.08. The van der Waals surface area contributed by atoms with Gasteiger partial charge in [-0.3, -0.25) is 14.2 Å². The van der Waals surface area contributed by atoms with Gasteiger partial charge in [-0.2, -0.15) is 0 Å². The number of benzene rings is 1. The Hall–Kier alpha value is -2.57. The molecule has 22 heavy (non-hydrogen) atoms. The van der Waals surface area contributed by atoms with Crippen molar-refractivity contribution < 1.29 is 18.7 Å². The van der Waals surface area contributed by atoms with E-state index < -0.39 is 11.7 Å². The van der Waals surface area contributed by atoms with Crippen LogP contribution in [0.5, 0.6) is 0 Å². The van der Waals surface area contributed by atoms with Crippen molar-refractivity contribution in [3.8, 4) is 0 Å². The molecule has 1 aromatic carbocycles. The number of likely N-dealkylation sites (N-methyl/N-ethyl adjacent to an activating group) is 1. The molecule has 7 nitrogen and oxygen atoms in total. The van der Waals surface area contributed by atoms with E-state index in [2.05, 4.69) is 0 Å². The van der Waals surface area contributed by atoms with Crippen molar-refractivity contribution in [1.82, 2.24) is 9.47 Å². The fourth-order valence-electron chi connectivity index (χ4n) is 2.14. The molecule has 2 rings (SSSR count). The Morgan fingerprint density at radius 2 is 2.00 bits per heavy atom. The van der Waals surface area contributed by atoms with Crippen molar-refractivity contribution in [1.29, 1.82) is 0 Å². The zero-order valence-electron chi connectivity index (χ0n) is 12.6. The largest absolute Gasteiger partial charge is 0.465 e. The van der Waals surface area contributed by atoms with Crippen LogP contribution in [0.1, 0.15) is 13.8 Å². The van der Waals surface area contributed by atoms with E-state index in [1.807, 2.05) is 0 Å². The fraction of sp³-hybridized carbons (Fsp3) is 0.400. The topological polar surface area (TPSA) is 81.8 Å². The predicted octanol–water partition coefficient (Wildman–Crippen LogP) is 1.01. The third-order valence-electron chi connectivity index (χ3n) is 3.23. The summed E-state index contributed by atoms with van der Waals surface area (Å²) in [7, 11) is 0. The molecule has 0 unspecified atom stereocenters. The van der Waals surface area contributed by atoms with E-state index in [4.69, 9.17) is 9.15 Å². The quantitative estimate of drug-likeness (QED) is 0.744. The second kappa shape index (κ2) is 6.93. The molecule has 0 atom stereocenters. The van der Waals surface area contributed by atoms with Gasteiger partial charge in [0.1, 0.15) is 13.1 Å². The van der Waals surface area contributed by atoms with E-state index in [1.165, 1.54) is 9.47 Å². The maximum absolute atomic E-state index is 12.3. The number of esters is 1. The van der Waals surface area contributed by atoms with Gasteiger partial charge in [-0.1, -0.05) is 12.1 Å². The highest BCUT2D eigenvalue weighted by atomic mass is 16.5. The molecule has 0 aliphatic carbocycles. The number of carbonyl (C=O) groups excluding carboxylic acids is 2. The molecule has 7 heteroatoms. The van der Waals surface area contributed by atoms with E-state index >= 15 is 0 Å². The number of ether oxygens (including phenoxy) is 1. The Morgan fingerprint density at radius 1 is 1.27 bits per heavy atom. The minimum Gasteiger partial charge on any atom is -0.465 e. The summed E-state index contributed by atoms with van der Waals surface area (Å²) in [6, 6.07) is 6.87. The Bertz CT molecular complexity index is 731. The van der Waals surface area contributed by atoms with Crippen LogP contribution in [-0.4, -0.2) is 41.0 Å². The third-order valence-corrected chi connectivity index (χ3v) is 3.23. The fourth-order valence-corrected chi connectivity index (χ4v) is 2.14. The number of amides is 1. The van der Waals surface area contributed by atoms with Crippen LogP contribution in [-0.2, 0) is 20.9 Å². The summed E-state index contributed by atoms with van der Waals surface area (Å²) in [5.74, 6) is -1.41. The van der Waals surface area contributed by atoms with E-state index in [1.54, 1.807) is 38.1 Å². The molecule has 0 aliphatic rings. The first-order chi connectivity index (χ1) is 10.6. The number of nitrogens with zero attached hydrogens (tertiary/aromatic N) is 2. The zero-order valence-corrected chi connectivity index (χ0v) is 12.6. The zero-order chi connectivity index (χ0) is 16.1. The van der Waals surface area contributed by atoms with Gasteiger partial charge >= 0.3 is 11.7 Å². The predicted molar refractivity (Wildman–Crippen MR) is 79.4 cm³/mol. The van der Waals surface area contributed by atoms with Crippen LogP contribution in [0.25, 0.3) is 11.1 Å². The van der Waals surface area contributed by atoms with Gasteiger partial charge in [0, 0.05) is 6.54 Å². The van der Waals surface area contributed by atoms with E-state index in [-0.39, 0.29) is 25.6 Å². The maximum Gasteiger partial charge on any atom is 0.420 e. The van der Waals surface area contributed by atoms with Gasteiger partial charge in [-0.05, 0) is 26.0 Å². The molecule has 0 aliphatic heterocycles. The molecular formula is C15H18N2O5. The highest BCUT2D eigenvalue weighted by Crippen LogP contribution is 2.11. The smallest absolute Gasteiger partial charge is 0.420 e. The molecule has 0 spiro atoms. The summed E-state index contributed by atoms with van der Waals surface area (Å²) < 4.78 is 11.2. The number of hydrogen-bond acceptors (Lipinski definition) is 5. The van der Waals surface area contributed by atoms with E-state index in [0.29, 0.717) is 17.6 Å². The van der Waals surface area contributed by atoms with Gasteiger partial charge in [0.15, 0.2) is 5.58 Å². The summed E-state index contributed by atoms with van der Waals surface area (Å²) >= 11 is 0. The van der Waals surface area contributed by atoms with Crippen molar-refractivity contribution in [2.24, 2.45) is 0 Å². The van der Waals surface area contributed by atoms with Gasteiger partial charge < -0.3 is 14.1 Å². The average Bonchev–Trinajstić information content (AvgIpc) is 2.81. The van der Waals surface area contributed by atoms with Gasteiger partial charge in [0.25, 0.3) is 0 Å². The Morgan fingerprint density at radius 3 is 2.68 bits per heavy atom. The Balaban J connectivity index is 2.17. The second-order valence-electron chi connectivity index (χ2n) is 4.63. The van der Waals surface area contributed by atoms with Gasteiger partial charge in [-0.25, -0.2) is 4.79 Å². The molecule has 1 heterocycles. The molecule has 118 valence electrons. The standard InChI is InChI=1S/C15H18N2O5/c1-3-16(10-14(19)21-4-2)13(18)9-17-11-7-5-6-8-12(11)22-15(17)20/h5-8H,3-4,9-10H2,1-2H3. The van der Waals surface area contributed by atoms with Crippen LogP contribution >= 0.6 is 0 Å². The van der Waals surface area contributed by atoms with Crippen molar-refractivity contribution in [2.75, 3.05) is 19.7 Å². The molecule has 1 aromatic heterocycles. The number of fused-ring (bicyclic) bond motifs is 1. The number of hydrogen-bond donors (Lipinski definition) is 0. The number of para-hydroxylation sites is 2. The van der Waals surface area contributed by atoms with E-state index in [0.717, 1.165) is 0 Å². The number of aromatic nitrogens is 1. The first kappa shape index (κ1) is 15.8. The summed E-state index contributed by atoms with van der Waals surface area (Å²) in [5.41, 5.74) is 0.974. The van der Waals surface area contributed by atoms with Crippen molar-refractivity contribution in [3.63, 3.8) is 0 Å². The molecule has 0 N–H and O–H groups in total. The highest BCUT2D eigenvalue weighted by Gasteiger charge is 2.19. The maximum atomic E-state index is 12.3. The van der Waals surface area contributed by atoms with Crippen molar-refractivity contribution in [3.05, 3.63) is 34.8 Å². The van der Waals surface area contributed by atoms with Crippen molar-refractivity contribution >= 4 is 23.0 Å². The van der Waals surface area contributed by atoms with Gasteiger partial charge in [0.05, 0.1) is 12.1 Å². The summed E-state index contributed by atoms with van der Waals surface area (Å²) in [5, 5.41) is 0. The average molecular weight is 306 g/mol. The second-order valence-corrected chi connectivity index (χ2v) is 4.63. The molecule has 1 amide bonds. The number of rotatable bonds is 6. The summed E-state index contributed by atoms with van der Waals surface area (Å²) in [6.45, 7) is 3.76. The summed E-state index contributed by atoms with van der Waals surface area (Å²) in [6.07, 6.45) is 0. The molecular weight excluding hydrogens is 288 g/mol. The SMILES string of the molecule is CCOC(=O)CN(CC)C(=O)Cn1c(=O)oc2ccccc21. The van der Waals surface area contributed by atoms with E-state index in [9.17, 15) is 14.4 Å². The lowest BCUT2D eigenvalue weighted by molar-refractivity contribution is -0.149. The monoisotopic (exact) mass is 306 g/mol.